The molecule has 2 heterocycles. The largest absolute Gasteiger partial charge is 0.383 e. The molecule has 2 aromatic heterocycles. The molecule has 0 aliphatic carbocycles. The van der Waals surface area contributed by atoms with Crippen LogP contribution in [-0.2, 0) is 5.75 Å². The summed E-state index contributed by atoms with van der Waals surface area (Å²) < 4.78 is 0. The van der Waals surface area contributed by atoms with Crippen molar-refractivity contribution in [1.29, 1.82) is 0 Å². The molecule has 0 radical (unpaired) electrons. The number of benzene rings is 1. The predicted molar refractivity (Wildman–Crippen MR) is 82.8 cm³/mol. The first-order valence-corrected chi connectivity index (χ1v) is 7.85. The van der Waals surface area contributed by atoms with Crippen LogP contribution >= 0.6 is 34.7 Å². The van der Waals surface area contributed by atoms with E-state index in [9.17, 15) is 0 Å². The summed E-state index contributed by atoms with van der Waals surface area (Å²) in [6, 6.07) is 9.69. The third kappa shape index (κ3) is 2.68. The fourth-order valence-electron chi connectivity index (χ4n) is 1.69. The molecule has 0 saturated carbocycles. The summed E-state index contributed by atoms with van der Waals surface area (Å²) in [7, 11) is 0. The Morgan fingerprint density at radius 3 is 2.89 bits per heavy atom. The first kappa shape index (κ1) is 12.7. The molecule has 2 N–H and O–H groups in total. The molecule has 96 valence electrons. The van der Waals surface area contributed by atoms with E-state index in [1.807, 2.05) is 35.7 Å². The SMILES string of the molecule is Nc1nc(CSc2ccccc2Cl)nc2sccc12. The van der Waals surface area contributed by atoms with Crippen molar-refractivity contribution in [3.05, 3.63) is 46.6 Å². The number of hydrogen-bond acceptors (Lipinski definition) is 5. The molecule has 0 spiro atoms. The highest BCUT2D eigenvalue weighted by molar-refractivity contribution is 7.98. The van der Waals surface area contributed by atoms with E-state index < -0.39 is 0 Å². The van der Waals surface area contributed by atoms with Gasteiger partial charge >= 0.3 is 0 Å². The maximum Gasteiger partial charge on any atom is 0.142 e. The van der Waals surface area contributed by atoms with Crippen LogP contribution in [0, 0.1) is 0 Å². The van der Waals surface area contributed by atoms with Gasteiger partial charge < -0.3 is 5.73 Å². The van der Waals surface area contributed by atoms with Gasteiger partial charge in [0.05, 0.1) is 16.2 Å². The van der Waals surface area contributed by atoms with Gasteiger partial charge in [0.15, 0.2) is 0 Å². The highest BCUT2D eigenvalue weighted by atomic mass is 35.5. The minimum atomic E-state index is 0.543. The van der Waals surface area contributed by atoms with Gasteiger partial charge in [0.1, 0.15) is 16.5 Å². The number of nitrogens with zero attached hydrogens (tertiary/aromatic N) is 2. The number of hydrogen-bond donors (Lipinski definition) is 1. The molecule has 19 heavy (non-hydrogen) atoms. The summed E-state index contributed by atoms with van der Waals surface area (Å²) in [4.78, 5) is 10.8. The number of rotatable bonds is 3. The first-order chi connectivity index (χ1) is 9.24. The van der Waals surface area contributed by atoms with Crippen molar-refractivity contribution >= 4 is 50.7 Å². The zero-order chi connectivity index (χ0) is 13.2. The van der Waals surface area contributed by atoms with Crippen molar-refractivity contribution in [1.82, 2.24) is 9.97 Å². The van der Waals surface area contributed by atoms with Gasteiger partial charge in [0, 0.05) is 4.90 Å². The van der Waals surface area contributed by atoms with E-state index >= 15 is 0 Å². The molecule has 0 atom stereocenters. The van der Waals surface area contributed by atoms with Gasteiger partial charge in [-0.3, -0.25) is 0 Å². The minimum absolute atomic E-state index is 0.543. The molecule has 0 fully saturated rings. The second kappa shape index (κ2) is 5.36. The van der Waals surface area contributed by atoms with Crippen LogP contribution in [0.3, 0.4) is 0 Å². The van der Waals surface area contributed by atoms with E-state index in [0.717, 1.165) is 26.0 Å². The van der Waals surface area contributed by atoms with E-state index in [-0.39, 0.29) is 0 Å². The minimum Gasteiger partial charge on any atom is -0.383 e. The average molecular weight is 308 g/mol. The van der Waals surface area contributed by atoms with Crippen molar-refractivity contribution < 1.29 is 0 Å². The van der Waals surface area contributed by atoms with Gasteiger partial charge in [-0.1, -0.05) is 23.7 Å². The van der Waals surface area contributed by atoms with Crippen molar-refractivity contribution in [2.45, 2.75) is 10.6 Å². The molecule has 0 amide bonds. The summed E-state index contributed by atoms with van der Waals surface area (Å²) in [6.07, 6.45) is 0. The van der Waals surface area contributed by atoms with Crippen LogP contribution in [-0.4, -0.2) is 9.97 Å². The monoisotopic (exact) mass is 307 g/mol. The zero-order valence-corrected chi connectivity index (χ0v) is 12.2. The molecule has 3 aromatic rings. The van der Waals surface area contributed by atoms with Crippen molar-refractivity contribution in [3.8, 4) is 0 Å². The Morgan fingerprint density at radius 1 is 1.21 bits per heavy atom. The Balaban J connectivity index is 1.84. The highest BCUT2D eigenvalue weighted by Gasteiger charge is 2.07. The standard InChI is InChI=1S/C13H10ClN3S2/c14-9-3-1-2-4-10(9)19-7-11-16-12(15)8-5-6-18-13(8)17-11/h1-6H,7H2,(H2,15,16,17). The van der Waals surface area contributed by atoms with E-state index in [1.54, 1.807) is 23.1 Å². The number of thioether (sulfide) groups is 1. The first-order valence-electron chi connectivity index (χ1n) is 5.61. The van der Waals surface area contributed by atoms with Gasteiger partial charge in [0.2, 0.25) is 0 Å². The quantitative estimate of drug-likeness (QED) is 0.736. The Morgan fingerprint density at radius 2 is 2.05 bits per heavy atom. The van der Waals surface area contributed by atoms with Crippen molar-refractivity contribution in [2.24, 2.45) is 0 Å². The summed E-state index contributed by atoms with van der Waals surface area (Å²) in [5, 5.41) is 3.65. The Bertz CT molecular complexity index is 727. The third-order valence-corrected chi connectivity index (χ3v) is 4.91. The molecule has 0 aliphatic heterocycles. The number of nitrogen functional groups attached to an aromatic ring is 1. The maximum absolute atomic E-state index is 6.12. The Labute approximate surface area is 123 Å². The lowest BCUT2D eigenvalue weighted by Crippen LogP contribution is -1.98. The lowest BCUT2D eigenvalue weighted by Gasteiger charge is -2.04. The van der Waals surface area contributed by atoms with Gasteiger partial charge in [-0.2, -0.15) is 0 Å². The van der Waals surface area contributed by atoms with Crippen molar-refractivity contribution in [3.63, 3.8) is 0 Å². The van der Waals surface area contributed by atoms with Crippen LogP contribution in [0.5, 0.6) is 0 Å². The molecule has 6 heteroatoms. The molecule has 3 rings (SSSR count). The van der Waals surface area contributed by atoms with Crippen molar-refractivity contribution in [2.75, 3.05) is 5.73 Å². The number of halogens is 1. The molecule has 0 aliphatic rings. The lowest BCUT2D eigenvalue weighted by atomic mass is 10.4. The Kier molecular flexibility index (Phi) is 3.59. The Hall–Kier alpha value is -1.30. The fourth-order valence-corrected chi connectivity index (χ4v) is 3.58. The van der Waals surface area contributed by atoms with Gasteiger partial charge in [-0.25, -0.2) is 9.97 Å². The summed E-state index contributed by atoms with van der Waals surface area (Å²) in [6.45, 7) is 0. The highest BCUT2D eigenvalue weighted by Crippen LogP contribution is 2.30. The van der Waals surface area contributed by atoms with Crippen LogP contribution < -0.4 is 5.73 Å². The van der Waals surface area contributed by atoms with E-state index in [1.165, 1.54) is 0 Å². The topological polar surface area (TPSA) is 51.8 Å². The van der Waals surface area contributed by atoms with E-state index in [4.69, 9.17) is 17.3 Å². The second-order valence-electron chi connectivity index (χ2n) is 3.88. The number of aromatic nitrogens is 2. The van der Waals surface area contributed by atoms with Crippen LogP contribution in [0.15, 0.2) is 40.6 Å². The van der Waals surface area contributed by atoms with Crippen LogP contribution in [0.2, 0.25) is 5.02 Å². The van der Waals surface area contributed by atoms with Crippen LogP contribution in [0.25, 0.3) is 10.2 Å². The molecule has 0 bridgehead atoms. The van der Waals surface area contributed by atoms with E-state index in [2.05, 4.69) is 9.97 Å². The van der Waals surface area contributed by atoms with E-state index in [0.29, 0.717) is 11.6 Å². The van der Waals surface area contributed by atoms with Gasteiger partial charge in [-0.15, -0.1) is 23.1 Å². The summed E-state index contributed by atoms with van der Waals surface area (Å²) in [5.41, 5.74) is 5.92. The average Bonchev–Trinajstić information content (AvgIpc) is 2.87. The molecule has 1 aromatic carbocycles. The van der Waals surface area contributed by atoms with Crippen LogP contribution in [0.1, 0.15) is 5.82 Å². The maximum atomic E-state index is 6.12. The number of nitrogens with two attached hydrogens (primary N) is 1. The normalized spacial score (nSPS) is 11.0. The number of fused-ring (bicyclic) bond motifs is 1. The third-order valence-electron chi connectivity index (χ3n) is 2.59. The molecule has 0 saturated heterocycles. The zero-order valence-electron chi connectivity index (χ0n) is 9.84. The van der Waals surface area contributed by atoms with Gasteiger partial charge in [-0.05, 0) is 23.6 Å². The lowest BCUT2D eigenvalue weighted by molar-refractivity contribution is 1.08. The molecular formula is C13H10ClN3S2. The molecular weight excluding hydrogens is 298 g/mol. The summed E-state index contributed by atoms with van der Waals surface area (Å²) >= 11 is 9.30. The van der Waals surface area contributed by atoms with Gasteiger partial charge in [0.25, 0.3) is 0 Å². The number of thiophene rings is 1. The predicted octanol–water partition coefficient (Wildman–Crippen LogP) is 4.22. The number of anilines is 1. The van der Waals surface area contributed by atoms with Crippen LogP contribution in [0.4, 0.5) is 5.82 Å². The smallest absolute Gasteiger partial charge is 0.142 e. The summed E-state index contributed by atoms with van der Waals surface area (Å²) in [5.74, 6) is 1.93. The second-order valence-corrected chi connectivity index (χ2v) is 6.20. The molecule has 3 nitrogen and oxygen atoms in total. The molecule has 0 unspecified atom stereocenters. The fraction of sp³-hybridized carbons (Fsp3) is 0.0769.